The molecule has 1 aromatic heterocycles. The fraction of sp³-hybridized carbons (Fsp3) is 0.357. The Kier molecular flexibility index (Phi) is 3.29. The van der Waals surface area contributed by atoms with E-state index in [-0.39, 0.29) is 0 Å². The number of nitrogens with two attached hydrogens (primary N) is 1. The van der Waals surface area contributed by atoms with Crippen LogP contribution in [-0.4, -0.2) is 9.78 Å². The normalized spacial score (nSPS) is 10.8. The third-order valence-corrected chi connectivity index (χ3v) is 3.30. The maximum Gasteiger partial charge on any atom is 0.0662 e. The van der Waals surface area contributed by atoms with E-state index in [9.17, 15) is 0 Å². The summed E-state index contributed by atoms with van der Waals surface area (Å²) in [6, 6.07) is 8.36. The minimum Gasteiger partial charge on any atom is -0.326 e. The van der Waals surface area contributed by atoms with Gasteiger partial charge in [0.25, 0.3) is 0 Å². The van der Waals surface area contributed by atoms with Crippen molar-refractivity contribution in [3.8, 4) is 0 Å². The second-order valence-electron chi connectivity index (χ2n) is 4.48. The molecule has 0 radical (unpaired) electrons. The number of hydrogen-bond acceptors (Lipinski definition) is 2. The van der Waals surface area contributed by atoms with Gasteiger partial charge in [0.1, 0.15) is 0 Å². The van der Waals surface area contributed by atoms with Crippen LogP contribution in [0, 0.1) is 20.8 Å². The Bertz CT molecular complexity index is 526. The topological polar surface area (TPSA) is 43.8 Å². The van der Waals surface area contributed by atoms with Gasteiger partial charge in [0, 0.05) is 12.2 Å². The third-order valence-electron chi connectivity index (χ3n) is 3.30. The second-order valence-corrected chi connectivity index (χ2v) is 4.48. The molecule has 0 fully saturated rings. The van der Waals surface area contributed by atoms with E-state index in [1.165, 1.54) is 22.4 Å². The van der Waals surface area contributed by atoms with Crippen LogP contribution in [0.25, 0.3) is 0 Å². The summed E-state index contributed by atoms with van der Waals surface area (Å²) >= 11 is 0. The highest BCUT2D eigenvalue weighted by Crippen LogP contribution is 2.13. The number of benzene rings is 1. The van der Waals surface area contributed by atoms with Crippen molar-refractivity contribution in [2.75, 3.05) is 0 Å². The maximum absolute atomic E-state index is 5.65. The molecule has 0 aliphatic rings. The summed E-state index contributed by atoms with van der Waals surface area (Å²) in [4.78, 5) is 0. The maximum atomic E-state index is 5.65. The summed E-state index contributed by atoms with van der Waals surface area (Å²) in [6.45, 7) is 7.68. The van der Waals surface area contributed by atoms with E-state index >= 15 is 0 Å². The molecule has 0 saturated carbocycles. The Morgan fingerprint density at radius 1 is 1.18 bits per heavy atom. The predicted molar refractivity (Wildman–Crippen MR) is 69.9 cm³/mol. The van der Waals surface area contributed by atoms with E-state index in [0.29, 0.717) is 6.54 Å². The fourth-order valence-corrected chi connectivity index (χ4v) is 1.97. The summed E-state index contributed by atoms with van der Waals surface area (Å²) in [6.07, 6.45) is 0. The molecule has 1 aromatic carbocycles. The van der Waals surface area contributed by atoms with Crippen molar-refractivity contribution in [1.29, 1.82) is 0 Å². The molecule has 0 spiro atoms. The van der Waals surface area contributed by atoms with Gasteiger partial charge in [-0.2, -0.15) is 5.10 Å². The van der Waals surface area contributed by atoms with Crippen molar-refractivity contribution < 1.29 is 0 Å². The van der Waals surface area contributed by atoms with Gasteiger partial charge in [-0.25, -0.2) is 0 Å². The number of aryl methyl sites for hydroxylation is 1. The lowest BCUT2D eigenvalue weighted by molar-refractivity contribution is 0.658. The van der Waals surface area contributed by atoms with Gasteiger partial charge < -0.3 is 5.73 Å². The zero-order valence-electron chi connectivity index (χ0n) is 10.7. The Labute approximate surface area is 102 Å². The minimum atomic E-state index is 0.587. The van der Waals surface area contributed by atoms with Crippen molar-refractivity contribution in [2.45, 2.75) is 33.9 Å². The monoisotopic (exact) mass is 229 g/mol. The van der Waals surface area contributed by atoms with Gasteiger partial charge in [0.15, 0.2) is 0 Å². The van der Waals surface area contributed by atoms with Crippen molar-refractivity contribution in [3.63, 3.8) is 0 Å². The Hall–Kier alpha value is -1.61. The number of aromatic nitrogens is 2. The van der Waals surface area contributed by atoms with Gasteiger partial charge in [-0.3, -0.25) is 4.68 Å². The highest BCUT2D eigenvalue weighted by atomic mass is 15.3. The van der Waals surface area contributed by atoms with Crippen LogP contribution < -0.4 is 5.73 Å². The summed E-state index contributed by atoms with van der Waals surface area (Å²) in [5.41, 5.74) is 11.7. The zero-order chi connectivity index (χ0) is 12.4. The lowest BCUT2D eigenvalue weighted by atomic mass is 10.1. The average Bonchev–Trinajstić information content (AvgIpc) is 2.57. The quantitative estimate of drug-likeness (QED) is 0.877. The first-order valence-corrected chi connectivity index (χ1v) is 5.90. The minimum absolute atomic E-state index is 0.587. The van der Waals surface area contributed by atoms with Gasteiger partial charge in [-0.15, -0.1) is 0 Å². The van der Waals surface area contributed by atoms with Crippen LogP contribution in [0.4, 0.5) is 0 Å². The smallest absolute Gasteiger partial charge is 0.0662 e. The van der Waals surface area contributed by atoms with Crippen LogP contribution in [0.3, 0.4) is 0 Å². The van der Waals surface area contributed by atoms with Crippen molar-refractivity contribution in [1.82, 2.24) is 9.78 Å². The summed E-state index contributed by atoms with van der Waals surface area (Å²) in [5.74, 6) is 0. The molecular formula is C14H19N3. The molecule has 0 atom stereocenters. The molecule has 1 heterocycles. The van der Waals surface area contributed by atoms with Crippen molar-refractivity contribution in [2.24, 2.45) is 5.73 Å². The lowest BCUT2D eigenvalue weighted by Gasteiger charge is -2.06. The molecule has 0 bridgehead atoms. The molecule has 90 valence electrons. The van der Waals surface area contributed by atoms with Crippen LogP contribution in [0.1, 0.15) is 28.1 Å². The summed E-state index contributed by atoms with van der Waals surface area (Å²) in [7, 11) is 0. The predicted octanol–water partition coefficient (Wildman–Crippen LogP) is 2.32. The first kappa shape index (κ1) is 11.9. The largest absolute Gasteiger partial charge is 0.326 e. The highest BCUT2D eigenvalue weighted by molar-refractivity contribution is 5.26. The van der Waals surface area contributed by atoms with Crippen LogP contribution in [-0.2, 0) is 13.1 Å². The molecule has 2 N–H and O–H groups in total. The van der Waals surface area contributed by atoms with Crippen LogP contribution >= 0.6 is 0 Å². The van der Waals surface area contributed by atoms with Crippen molar-refractivity contribution >= 4 is 0 Å². The Morgan fingerprint density at radius 3 is 2.47 bits per heavy atom. The first-order valence-electron chi connectivity index (χ1n) is 5.90. The number of nitrogens with zero attached hydrogens (tertiary/aromatic N) is 2. The molecule has 0 aliphatic heterocycles. The van der Waals surface area contributed by atoms with Gasteiger partial charge >= 0.3 is 0 Å². The van der Waals surface area contributed by atoms with Gasteiger partial charge in [0.2, 0.25) is 0 Å². The van der Waals surface area contributed by atoms with E-state index in [4.69, 9.17) is 5.73 Å². The second kappa shape index (κ2) is 4.72. The van der Waals surface area contributed by atoms with Crippen LogP contribution in [0.15, 0.2) is 24.3 Å². The fourth-order valence-electron chi connectivity index (χ4n) is 1.97. The molecule has 0 aliphatic carbocycles. The third kappa shape index (κ3) is 2.39. The molecule has 0 unspecified atom stereocenters. The highest BCUT2D eigenvalue weighted by Gasteiger charge is 2.07. The van der Waals surface area contributed by atoms with E-state index < -0.39 is 0 Å². The van der Waals surface area contributed by atoms with Gasteiger partial charge in [-0.1, -0.05) is 24.3 Å². The molecule has 2 aromatic rings. The molecule has 17 heavy (non-hydrogen) atoms. The average molecular weight is 229 g/mol. The van der Waals surface area contributed by atoms with Gasteiger partial charge in [-0.05, 0) is 37.5 Å². The summed E-state index contributed by atoms with van der Waals surface area (Å²) < 4.78 is 2.06. The zero-order valence-corrected chi connectivity index (χ0v) is 10.7. The Morgan fingerprint density at radius 2 is 1.88 bits per heavy atom. The van der Waals surface area contributed by atoms with Gasteiger partial charge in [0.05, 0.1) is 12.2 Å². The Balaban J connectivity index is 2.28. The van der Waals surface area contributed by atoms with Crippen LogP contribution in [0.2, 0.25) is 0 Å². The molecular weight excluding hydrogens is 210 g/mol. The molecule has 3 heteroatoms. The molecule has 2 rings (SSSR count). The first-order chi connectivity index (χ1) is 8.11. The molecule has 0 saturated heterocycles. The van der Waals surface area contributed by atoms with Crippen LogP contribution in [0.5, 0.6) is 0 Å². The number of hydrogen-bond donors (Lipinski definition) is 1. The summed E-state index contributed by atoms with van der Waals surface area (Å²) in [5, 5.41) is 4.55. The van der Waals surface area contributed by atoms with E-state index in [1.54, 1.807) is 0 Å². The number of rotatable bonds is 3. The lowest BCUT2D eigenvalue weighted by Crippen LogP contribution is -2.05. The van der Waals surface area contributed by atoms with E-state index in [1.807, 2.05) is 0 Å². The van der Waals surface area contributed by atoms with E-state index in [0.717, 1.165) is 12.2 Å². The molecule has 0 amide bonds. The SMILES string of the molecule is Cc1nn(Cc2cccc(CN)c2)c(C)c1C. The standard InChI is InChI=1S/C14H19N3/c1-10-11(2)16-17(12(10)3)9-14-6-4-5-13(7-14)8-15/h4-7H,8-9,15H2,1-3H3. The van der Waals surface area contributed by atoms with Crippen molar-refractivity contribution in [3.05, 3.63) is 52.3 Å². The molecule has 3 nitrogen and oxygen atoms in total. The van der Waals surface area contributed by atoms with E-state index in [2.05, 4.69) is 54.8 Å².